The molecule has 0 saturated carbocycles. The molecule has 0 atom stereocenters. The zero-order chi connectivity index (χ0) is 20.1. The lowest BCUT2D eigenvalue weighted by Gasteiger charge is -2.22. The number of fused-ring (bicyclic) bond motifs is 1. The minimum Gasteiger partial charge on any atom is -0.310 e. The number of carbonyl (C=O) groups excluding carboxylic acids is 1. The van der Waals surface area contributed by atoms with Crippen molar-refractivity contribution in [3.63, 3.8) is 0 Å². The molecule has 0 aliphatic heterocycles. The molecular formula is C21H23N3O3S. The zero-order valence-electron chi connectivity index (χ0n) is 15.8. The van der Waals surface area contributed by atoms with E-state index in [1.807, 2.05) is 6.07 Å². The fraction of sp³-hybridized carbons (Fsp3) is 0.333. The number of carbonyl (C=O) groups is 1. The molecule has 2 aromatic carbocycles. The molecule has 0 radical (unpaired) electrons. The molecular weight excluding hydrogens is 374 g/mol. The molecule has 7 heteroatoms. The number of nitrogens with zero attached hydrogens (tertiary/aromatic N) is 2. The van der Waals surface area contributed by atoms with Gasteiger partial charge in [0.05, 0.1) is 16.1 Å². The second kappa shape index (κ2) is 8.55. The number of nitrogens with one attached hydrogen (secondary N) is 1. The number of nitriles is 1. The fourth-order valence-corrected chi connectivity index (χ4v) is 4.57. The lowest BCUT2D eigenvalue weighted by molar-refractivity contribution is -0.116. The van der Waals surface area contributed by atoms with Gasteiger partial charge in [-0.05, 0) is 61.1 Å². The van der Waals surface area contributed by atoms with Crippen LogP contribution in [0.25, 0.3) is 0 Å². The van der Waals surface area contributed by atoms with Crippen LogP contribution in [0, 0.1) is 11.3 Å². The van der Waals surface area contributed by atoms with Crippen LogP contribution < -0.4 is 9.62 Å². The topological polar surface area (TPSA) is 90.3 Å². The van der Waals surface area contributed by atoms with E-state index in [2.05, 4.69) is 10.8 Å². The normalized spacial score (nSPS) is 13.4. The summed E-state index contributed by atoms with van der Waals surface area (Å²) in [4.78, 5) is 13.7. The molecule has 1 amide bonds. The molecule has 1 aliphatic rings. The third-order valence-corrected chi connectivity index (χ3v) is 6.41. The molecule has 1 aliphatic carbocycles. The number of anilines is 1. The Bertz CT molecular complexity index is 1030. The molecule has 0 unspecified atom stereocenters. The van der Waals surface area contributed by atoms with Crippen LogP contribution in [0.4, 0.5) is 5.69 Å². The van der Waals surface area contributed by atoms with E-state index in [0.29, 0.717) is 11.3 Å². The lowest BCUT2D eigenvalue weighted by atomic mass is 9.92. The Morgan fingerprint density at radius 1 is 1.14 bits per heavy atom. The molecule has 28 heavy (non-hydrogen) atoms. The molecule has 1 N–H and O–H groups in total. The first-order valence-corrected chi connectivity index (χ1v) is 10.8. The highest BCUT2D eigenvalue weighted by Gasteiger charge is 2.19. The summed E-state index contributed by atoms with van der Waals surface area (Å²) < 4.78 is 27.9. The van der Waals surface area contributed by atoms with Gasteiger partial charge in [-0.15, -0.1) is 0 Å². The third-order valence-electron chi connectivity index (χ3n) is 4.95. The molecule has 0 heterocycles. The van der Waals surface area contributed by atoms with Crippen molar-refractivity contribution in [1.82, 2.24) is 4.72 Å². The van der Waals surface area contributed by atoms with Gasteiger partial charge in [0.25, 0.3) is 0 Å². The second-order valence-electron chi connectivity index (χ2n) is 6.84. The summed E-state index contributed by atoms with van der Waals surface area (Å²) >= 11 is 0. The van der Waals surface area contributed by atoms with Gasteiger partial charge in [-0.3, -0.25) is 4.79 Å². The van der Waals surface area contributed by atoms with E-state index in [9.17, 15) is 18.5 Å². The molecule has 146 valence electrons. The van der Waals surface area contributed by atoms with Gasteiger partial charge in [-0.1, -0.05) is 18.2 Å². The number of amides is 1. The van der Waals surface area contributed by atoms with Crippen molar-refractivity contribution in [2.75, 3.05) is 18.0 Å². The SMILES string of the molecule is CC(=O)N(CCNS(=O)(=O)c1ccc2c(c1)CCCC2)c1ccccc1C#N. The third kappa shape index (κ3) is 4.41. The van der Waals surface area contributed by atoms with Crippen LogP contribution in [-0.4, -0.2) is 27.4 Å². The van der Waals surface area contributed by atoms with Crippen molar-refractivity contribution < 1.29 is 13.2 Å². The van der Waals surface area contributed by atoms with Gasteiger partial charge < -0.3 is 4.90 Å². The average molecular weight is 398 g/mol. The Balaban J connectivity index is 1.72. The van der Waals surface area contributed by atoms with Gasteiger partial charge in [-0.25, -0.2) is 13.1 Å². The van der Waals surface area contributed by atoms with Gasteiger partial charge in [0.1, 0.15) is 6.07 Å². The summed E-state index contributed by atoms with van der Waals surface area (Å²) in [5.74, 6) is -0.254. The molecule has 3 rings (SSSR count). The van der Waals surface area contributed by atoms with Gasteiger partial charge in [0.15, 0.2) is 0 Å². The van der Waals surface area contributed by atoms with E-state index in [0.717, 1.165) is 31.2 Å². The first-order chi connectivity index (χ1) is 13.4. The van der Waals surface area contributed by atoms with Crippen molar-refractivity contribution >= 4 is 21.6 Å². The number of hydrogen-bond acceptors (Lipinski definition) is 4. The number of hydrogen-bond donors (Lipinski definition) is 1. The highest BCUT2D eigenvalue weighted by Crippen LogP contribution is 2.24. The summed E-state index contributed by atoms with van der Waals surface area (Å²) in [5, 5.41) is 9.25. The zero-order valence-corrected chi connectivity index (χ0v) is 16.6. The fourth-order valence-electron chi connectivity index (χ4n) is 3.50. The van der Waals surface area contributed by atoms with Crippen LogP contribution in [0.5, 0.6) is 0 Å². The van der Waals surface area contributed by atoms with Gasteiger partial charge in [-0.2, -0.15) is 5.26 Å². The Morgan fingerprint density at radius 2 is 1.86 bits per heavy atom. The van der Waals surface area contributed by atoms with E-state index >= 15 is 0 Å². The summed E-state index contributed by atoms with van der Waals surface area (Å²) in [5.41, 5.74) is 3.17. The van der Waals surface area contributed by atoms with E-state index in [1.165, 1.54) is 17.4 Å². The minimum absolute atomic E-state index is 0.0543. The highest BCUT2D eigenvalue weighted by molar-refractivity contribution is 7.89. The number of sulfonamides is 1. The van der Waals surface area contributed by atoms with Gasteiger partial charge >= 0.3 is 0 Å². The first-order valence-electron chi connectivity index (χ1n) is 9.31. The van der Waals surface area contributed by atoms with E-state index in [4.69, 9.17) is 0 Å². The summed E-state index contributed by atoms with van der Waals surface area (Å²) in [6, 6.07) is 14.1. The van der Waals surface area contributed by atoms with Gasteiger partial charge in [0, 0.05) is 20.0 Å². The Hall–Kier alpha value is -2.69. The number of aryl methyl sites for hydroxylation is 2. The highest BCUT2D eigenvalue weighted by atomic mass is 32.2. The number of para-hydroxylation sites is 1. The van der Waals surface area contributed by atoms with Crippen molar-refractivity contribution in [1.29, 1.82) is 5.26 Å². The van der Waals surface area contributed by atoms with Crippen LogP contribution >= 0.6 is 0 Å². The maximum Gasteiger partial charge on any atom is 0.240 e. The van der Waals surface area contributed by atoms with Crippen LogP contribution in [0.3, 0.4) is 0 Å². The lowest BCUT2D eigenvalue weighted by Crippen LogP contribution is -2.38. The Labute approximate surface area is 165 Å². The van der Waals surface area contributed by atoms with Crippen molar-refractivity contribution in [2.45, 2.75) is 37.5 Å². The van der Waals surface area contributed by atoms with E-state index < -0.39 is 10.0 Å². The van der Waals surface area contributed by atoms with Crippen LogP contribution in [0.15, 0.2) is 47.4 Å². The van der Waals surface area contributed by atoms with Crippen molar-refractivity contribution in [3.05, 3.63) is 59.2 Å². The van der Waals surface area contributed by atoms with Crippen molar-refractivity contribution in [3.8, 4) is 6.07 Å². The largest absolute Gasteiger partial charge is 0.310 e. The van der Waals surface area contributed by atoms with E-state index in [1.54, 1.807) is 36.4 Å². The van der Waals surface area contributed by atoms with Gasteiger partial charge in [0.2, 0.25) is 15.9 Å². The van der Waals surface area contributed by atoms with Crippen LogP contribution in [0.1, 0.15) is 36.5 Å². The predicted octanol–water partition coefficient (Wildman–Crippen LogP) is 2.77. The maximum absolute atomic E-state index is 12.7. The number of rotatable bonds is 6. The Morgan fingerprint density at radius 3 is 2.57 bits per heavy atom. The molecule has 0 fully saturated rings. The molecule has 0 spiro atoms. The second-order valence-corrected chi connectivity index (χ2v) is 8.60. The summed E-state index contributed by atoms with van der Waals surface area (Å²) in [6.45, 7) is 1.59. The van der Waals surface area contributed by atoms with Crippen molar-refractivity contribution in [2.24, 2.45) is 0 Å². The molecule has 0 aromatic heterocycles. The predicted molar refractivity (Wildman–Crippen MR) is 107 cm³/mol. The molecule has 2 aromatic rings. The minimum atomic E-state index is -3.67. The molecule has 6 nitrogen and oxygen atoms in total. The molecule has 0 saturated heterocycles. The monoisotopic (exact) mass is 397 g/mol. The van der Waals surface area contributed by atoms with Crippen LogP contribution in [0.2, 0.25) is 0 Å². The summed E-state index contributed by atoms with van der Waals surface area (Å²) in [7, 11) is -3.67. The smallest absolute Gasteiger partial charge is 0.240 e. The van der Waals surface area contributed by atoms with Crippen LogP contribution in [-0.2, 0) is 27.7 Å². The first kappa shape index (κ1) is 20.1. The maximum atomic E-state index is 12.7. The Kier molecular flexibility index (Phi) is 6.12. The summed E-state index contributed by atoms with van der Waals surface area (Å²) in [6.07, 6.45) is 4.12. The van der Waals surface area contributed by atoms with E-state index in [-0.39, 0.29) is 23.9 Å². The molecule has 0 bridgehead atoms. The standard InChI is InChI=1S/C21H23N3O3S/c1-16(25)24(21-9-5-4-8-19(21)15-22)13-12-23-28(26,27)20-11-10-17-6-2-3-7-18(17)14-20/h4-5,8-11,14,23H,2-3,6-7,12-13H2,1H3. The quantitative estimate of drug-likeness (QED) is 0.811. The average Bonchev–Trinajstić information content (AvgIpc) is 2.70. The number of benzene rings is 2.